The maximum absolute atomic E-state index is 5.80. The molecular weight excluding hydrogens is 392 g/mol. The molecule has 0 saturated heterocycles. The number of hydrogen-bond donors (Lipinski definition) is 1. The molecule has 0 aliphatic heterocycles. The number of halogens is 2. The van der Waals surface area contributed by atoms with Gasteiger partial charge in [-0.3, -0.25) is 0 Å². The van der Waals surface area contributed by atoms with Crippen molar-refractivity contribution in [2.24, 2.45) is 0 Å². The summed E-state index contributed by atoms with van der Waals surface area (Å²) in [5, 5.41) is 5.29. The summed E-state index contributed by atoms with van der Waals surface area (Å²) in [4.78, 5) is 4.20. The van der Waals surface area contributed by atoms with Gasteiger partial charge < -0.3 is 10.1 Å². The highest BCUT2D eigenvalue weighted by Gasteiger charge is 2.09. The molecule has 3 nitrogen and oxygen atoms in total. The predicted molar refractivity (Wildman–Crippen MR) is 85.7 cm³/mol. The average molecular weight is 406 g/mol. The van der Waals surface area contributed by atoms with E-state index in [-0.39, 0.29) is 0 Å². The highest BCUT2D eigenvalue weighted by atomic mass is 79.9. The van der Waals surface area contributed by atoms with Crippen LogP contribution >= 0.6 is 43.2 Å². The van der Waals surface area contributed by atoms with Crippen LogP contribution in [-0.4, -0.2) is 11.5 Å². The monoisotopic (exact) mass is 404 g/mol. The highest BCUT2D eigenvalue weighted by molar-refractivity contribution is 9.11. The number of nitrogens with one attached hydrogen (secondary N) is 1. The molecule has 19 heavy (non-hydrogen) atoms. The van der Waals surface area contributed by atoms with Gasteiger partial charge in [0, 0.05) is 11.9 Å². The number of thiazole rings is 1. The normalized spacial score (nSPS) is 10.7. The van der Waals surface area contributed by atoms with E-state index in [0.29, 0.717) is 6.61 Å². The van der Waals surface area contributed by atoms with Crippen LogP contribution in [-0.2, 0) is 13.2 Å². The summed E-state index contributed by atoms with van der Waals surface area (Å²) in [6.45, 7) is 4.38. The van der Waals surface area contributed by atoms with Crippen molar-refractivity contribution in [3.8, 4) is 5.75 Å². The second-order valence-corrected chi connectivity index (χ2v) is 6.36. The van der Waals surface area contributed by atoms with E-state index < -0.39 is 0 Å². The van der Waals surface area contributed by atoms with Gasteiger partial charge in [-0.2, -0.15) is 0 Å². The maximum atomic E-state index is 5.80. The molecule has 0 aliphatic rings. The summed E-state index contributed by atoms with van der Waals surface area (Å²) < 4.78 is 7.70. The molecule has 0 amide bonds. The van der Waals surface area contributed by atoms with Crippen molar-refractivity contribution < 1.29 is 4.74 Å². The van der Waals surface area contributed by atoms with Crippen LogP contribution in [0.25, 0.3) is 0 Å². The molecule has 1 heterocycles. The Bertz CT molecular complexity index is 508. The molecular formula is C13H14Br2N2OS. The van der Waals surface area contributed by atoms with Gasteiger partial charge in [0.1, 0.15) is 12.4 Å². The van der Waals surface area contributed by atoms with Crippen LogP contribution in [0.1, 0.15) is 18.2 Å². The maximum Gasteiger partial charge on any atom is 0.148 e. The van der Waals surface area contributed by atoms with E-state index >= 15 is 0 Å². The average Bonchev–Trinajstić information content (AvgIpc) is 2.88. The van der Waals surface area contributed by atoms with E-state index in [0.717, 1.165) is 33.5 Å². The zero-order chi connectivity index (χ0) is 13.7. The Morgan fingerprint density at radius 2 is 2.05 bits per heavy atom. The first-order chi connectivity index (χ1) is 9.20. The molecule has 0 fully saturated rings. The molecule has 0 bridgehead atoms. The van der Waals surface area contributed by atoms with Crippen LogP contribution in [0, 0.1) is 0 Å². The quantitative estimate of drug-likeness (QED) is 0.775. The van der Waals surface area contributed by atoms with Crippen molar-refractivity contribution in [2.45, 2.75) is 20.1 Å². The van der Waals surface area contributed by atoms with Crippen molar-refractivity contribution in [3.63, 3.8) is 0 Å². The fourth-order valence-corrected chi connectivity index (χ4v) is 3.63. The summed E-state index contributed by atoms with van der Waals surface area (Å²) in [6, 6.07) is 4.15. The molecule has 0 saturated carbocycles. The van der Waals surface area contributed by atoms with Gasteiger partial charge >= 0.3 is 0 Å². The van der Waals surface area contributed by atoms with Gasteiger partial charge in [-0.25, -0.2) is 4.98 Å². The third-order valence-electron chi connectivity index (χ3n) is 2.49. The van der Waals surface area contributed by atoms with Crippen LogP contribution < -0.4 is 10.1 Å². The van der Waals surface area contributed by atoms with Gasteiger partial charge in [-0.05, 0) is 56.1 Å². The Morgan fingerprint density at radius 1 is 1.32 bits per heavy atom. The van der Waals surface area contributed by atoms with Crippen molar-refractivity contribution in [2.75, 3.05) is 6.54 Å². The van der Waals surface area contributed by atoms with E-state index in [1.807, 2.05) is 10.9 Å². The molecule has 0 aliphatic carbocycles. The molecule has 6 heteroatoms. The highest BCUT2D eigenvalue weighted by Crippen LogP contribution is 2.35. The molecule has 2 aromatic rings. The van der Waals surface area contributed by atoms with Gasteiger partial charge in [0.05, 0.1) is 20.1 Å². The zero-order valence-corrected chi connectivity index (χ0v) is 14.4. The number of ether oxygens (including phenoxy) is 1. The van der Waals surface area contributed by atoms with Crippen LogP contribution in [0.2, 0.25) is 0 Å². The van der Waals surface area contributed by atoms with E-state index in [2.05, 4.69) is 61.2 Å². The van der Waals surface area contributed by atoms with Crippen molar-refractivity contribution in [1.82, 2.24) is 10.3 Å². The van der Waals surface area contributed by atoms with Gasteiger partial charge in [0.2, 0.25) is 0 Å². The van der Waals surface area contributed by atoms with Gasteiger partial charge in [-0.1, -0.05) is 6.92 Å². The minimum absolute atomic E-state index is 0.479. The van der Waals surface area contributed by atoms with Crippen molar-refractivity contribution >= 4 is 43.2 Å². The van der Waals surface area contributed by atoms with Gasteiger partial charge in [-0.15, -0.1) is 11.3 Å². The fourth-order valence-electron chi connectivity index (χ4n) is 1.58. The van der Waals surface area contributed by atoms with Crippen molar-refractivity contribution in [1.29, 1.82) is 0 Å². The molecule has 0 radical (unpaired) electrons. The molecule has 2 rings (SSSR count). The molecule has 0 unspecified atom stereocenters. The minimum atomic E-state index is 0.479. The number of rotatable bonds is 6. The third kappa shape index (κ3) is 4.27. The molecule has 1 aromatic carbocycles. The Morgan fingerprint density at radius 3 is 2.63 bits per heavy atom. The van der Waals surface area contributed by atoms with Crippen LogP contribution in [0.4, 0.5) is 0 Å². The molecule has 0 spiro atoms. The second kappa shape index (κ2) is 7.38. The molecule has 1 N–H and O–H groups in total. The lowest BCUT2D eigenvalue weighted by Crippen LogP contribution is -2.11. The van der Waals surface area contributed by atoms with E-state index in [9.17, 15) is 0 Å². The number of nitrogens with zero attached hydrogens (tertiary/aromatic N) is 1. The molecule has 102 valence electrons. The van der Waals surface area contributed by atoms with E-state index in [1.165, 1.54) is 5.56 Å². The van der Waals surface area contributed by atoms with Crippen LogP contribution in [0.15, 0.2) is 32.0 Å². The summed E-state index contributed by atoms with van der Waals surface area (Å²) in [5.74, 6) is 0.813. The van der Waals surface area contributed by atoms with E-state index in [1.54, 1.807) is 11.3 Å². The number of benzene rings is 1. The largest absolute Gasteiger partial charge is 0.485 e. The van der Waals surface area contributed by atoms with E-state index in [4.69, 9.17) is 4.74 Å². The first-order valence-electron chi connectivity index (χ1n) is 5.89. The first-order valence-corrected chi connectivity index (χ1v) is 8.42. The Labute approximate surface area is 133 Å². The smallest absolute Gasteiger partial charge is 0.148 e. The number of hydrogen-bond acceptors (Lipinski definition) is 4. The minimum Gasteiger partial charge on any atom is -0.485 e. The third-order valence-corrected chi connectivity index (χ3v) is 4.30. The summed E-state index contributed by atoms with van der Waals surface area (Å²) in [7, 11) is 0. The Balaban J connectivity index is 2.08. The topological polar surface area (TPSA) is 34.1 Å². The lowest BCUT2D eigenvalue weighted by molar-refractivity contribution is 0.298. The Hall–Kier alpha value is -0.430. The first kappa shape index (κ1) is 15.0. The Kier molecular flexibility index (Phi) is 5.81. The molecule has 0 atom stereocenters. The molecule has 1 aromatic heterocycles. The van der Waals surface area contributed by atoms with Crippen LogP contribution in [0.3, 0.4) is 0 Å². The lowest BCUT2D eigenvalue weighted by atomic mass is 10.2. The number of aromatic nitrogens is 1. The SMILES string of the molecule is CCNCc1cc(Br)c(OCc2cscn2)c(Br)c1. The second-order valence-electron chi connectivity index (χ2n) is 3.94. The summed E-state index contributed by atoms with van der Waals surface area (Å²) in [6.07, 6.45) is 0. The van der Waals surface area contributed by atoms with Gasteiger partial charge in [0.25, 0.3) is 0 Å². The standard InChI is InChI=1S/C13H14Br2N2OS/c1-2-16-5-9-3-11(14)13(12(15)4-9)18-6-10-7-19-8-17-10/h3-4,7-8,16H,2,5-6H2,1H3. The predicted octanol–water partition coefficient (Wildman–Crippen LogP) is 4.36. The van der Waals surface area contributed by atoms with Crippen LogP contribution in [0.5, 0.6) is 5.75 Å². The van der Waals surface area contributed by atoms with Crippen molar-refractivity contribution in [3.05, 3.63) is 43.2 Å². The fraction of sp³-hybridized carbons (Fsp3) is 0.308. The lowest BCUT2D eigenvalue weighted by Gasteiger charge is -2.11. The summed E-state index contributed by atoms with van der Waals surface area (Å²) >= 11 is 8.68. The summed E-state index contributed by atoms with van der Waals surface area (Å²) in [5.41, 5.74) is 3.96. The van der Waals surface area contributed by atoms with Gasteiger partial charge in [0.15, 0.2) is 0 Å². The zero-order valence-electron chi connectivity index (χ0n) is 10.5.